The van der Waals surface area contributed by atoms with Crippen LogP contribution >= 0.6 is 0 Å². The van der Waals surface area contributed by atoms with Crippen molar-refractivity contribution in [2.75, 3.05) is 13.1 Å². The molecule has 0 saturated carbocycles. The second-order valence-electron chi connectivity index (χ2n) is 3.21. The molecule has 0 amide bonds. The minimum atomic E-state index is -0.499. The van der Waals surface area contributed by atoms with Crippen LogP contribution in [0, 0.1) is 0 Å². The van der Waals surface area contributed by atoms with Gasteiger partial charge in [-0.25, -0.2) is 0 Å². The first-order chi connectivity index (χ1) is 7.16. The maximum atomic E-state index is 11.4. The van der Waals surface area contributed by atoms with E-state index in [-0.39, 0.29) is 0 Å². The van der Waals surface area contributed by atoms with Crippen molar-refractivity contribution in [1.29, 1.82) is 0 Å². The van der Waals surface area contributed by atoms with Gasteiger partial charge in [0, 0.05) is 39.1 Å². The normalized spacial score (nSPS) is 10.2. The Bertz CT molecular complexity index is 445. The van der Waals surface area contributed by atoms with Crippen LogP contribution in [0.3, 0.4) is 0 Å². The minimum absolute atomic E-state index is 0.486. The molecule has 0 aliphatic carbocycles. The maximum absolute atomic E-state index is 11.4. The summed E-state index contributed by atoms with van der Waals surface area (Å²) in [6.45, 7) is 5.39. The molecule has 0 spiro atoms. The van der Waals surface area contributed by atoms with Crippen molar-refractivity contribution in [2.45, 2.75) is 6.54 Å². The van der Waals surface area contributed by atoms with Crippen molar-refractivity contribution < 1.29 is 0 Å². The Hall–Kier alpha value is -1.62. The molecule has 0 atom stereocenters. The molecule has 1 aromatic heterocycles. The molecule has 5 heteroatoms. The highest BCUT2D eigenvalue weighted by atomic mass is 16.2. The molecular weight excluding hydrogens is 194 g/mol. The zero-order valence-corrected chi connectivity index (χ0v) is 8.77. The average Bonchev–Trinajstić information content (AvgIpc) is 2.24. The predicted molar refractivity (Wildman–Crippen MR) is 59.0 cm³/mol. The molecule has 0 aromatic carbocycles. The number of hydrogen-bond donors (Lipinski definition) is 1. The van der Waals surface area contributed by atoms with E-state index in [1.54, 1.807) is 25.5 Å². The van der Waals surface area contributed by atoms with E-state index >= 15 is 0 Å². The molecule has 5 nitrogen and oxygen atoms in total. The van der Waals surface area contributed by atoms with E-state index in [1.165, 1.54) is 9.13 Å². The first kappa shape index (κ1) is 11.5. The fraction of sp³-hybridized carbons (Fsp3) is 0.400. The number of aromatic nitrogens is 2. The van der Waals surface area contributed by atoms with Gasteiger partial charge in [0.25, 0.3) is 0 Å². The number of nitrogens with one attached hydrogen (secondary N) is 1. The van der Waals surface area contributed by atoms with Crippen LogP contribution in [0.4, 0.5) is 0 Å². The molecule has 0 unspecified atom stereocenters. The van der Waals surface area contributed by atoms with E-state index < -0.39 is 11.1 Å². The maximum Gasteiger partial charge on any atom is 0.316 e. The summed E-state index contributed by atoms with van der Waals surface area (Å²) in [5.74, 6) is 0. The van der Waals surface area contributed by atoms with Crippen molar-refractivity contribution in [3.63, 3.8) is 0 Å². The molecule has 0 fully saturated rings. The third kappa shape index (κ3) is 2.92. The molecule has 0 saturated heterocycles. The highest BCUT2D eigenvalue weighted by Gasteiger charge is 2.00. The fourth-order valence-corrected chi connectivity index (χ4v) is 1.17. The van der Waals surface area contributed by atoms with Gasteiger partial charge in [-0.2, -0.15) is 0 Å². The lowest BCUT2D eigenvalue weighted by Crippen LogP contribution is -2.40. The smallest absolute Gasteiger partial charge is 0.312 e. The van der Waals surface area contributed by atoms with Crippen LogP contribution in [-0.4, -0.2) is 22.2 Å². The molecule has 0 aliphatic heterocycles. The lowest BCUT2D eigenvalue weighted by molar-refractivity contribution is 0.592. The van der Waals surface area contributed by atoms with Gasteiger partial charge in [0.1, 0.15) is 0 Å². The lowest BCUT2D eigenvalue weighted by atomic mass is 10.5. The Kier molecular flexibility index (Phi) is 4.05. The molecule has 15 heavy (non-hydrogen) atoms. The largest absolute Gasteiger partial charge is 0.316 e. The van der Waals surface area contributed by atoms with E-state index in [2.05, 4.69) is 11.9 Å². The lowest BCUT2D eigenvalue weighted by Gasteiger charge is -2.06. The summed E-state index contributed by atoms with van der Waals surface area (Å²) in [4.78, 5) is 22.7. The Morgan fingerprint density at radius 2 is 2.13 bits per heavy atom. The summed E-state index contributed by atoms with van der Waals surface area (Å²) in [6.07, 6.45) is 4.93. The van der Waals surface area contributed by atoms with Crippen molar-refractivity contribution in [3.8, 4) is 0 Å². The first-order valence-corrected chi connectivity index (χ1v) is 4.74. The van der Waals surface area contributed by atoms with E-state index in [0.29, 0.717) is 19.6 Å². The van der Waals surface area contributed by atoms with Gasteiger partial charge in [-0.3, -0.25) is 9.59 Å². The second-order valence-corrected chi connectivity index (χ2v) is 3.21. The summed E-state index contributed by atoms with van der Waals surface area (Å²) >= 11 is 0. The zero-order valence-electron chi connectivity index (χ0n) is 8.77. The van der Waals surface area contributed by atoms with Gasteiger partial charge in [0.15, 0.2) is 0 Å². The topological polar surface area (TPSA) is 56.0 Å². The van der Waals surface area contributed by atoms with Crippen molar-refractivity contribution >= 4 is 0 Å². The molecular formula is C10H15N3O2. The Labute approximate surface area is 87.7 Å². The number of aryl methyl sites for hydroxylation is 1. The Morgan fingerprint density at radius 1 is 1.40 bits per heavy atom. The van der Waals surface area contributed by atoms with E-state index in [9.17, 15) is 9.59 Å². The highest BCUT2D eigenvalue weighted by molar-refractivity contribution is 4.84. The first-order valence-electron chi connectivity index (χ1n) is 4.74. The molecule has 1 rings (SSSR count). The van der Waals surface area contributed by atoms with Crippen LogP contribution < -0.4 is 16.4 Å². The monoisotopic (exact) mass is 209 g/mol. The van der Waals surface area contributed by atoms with Crippen LogP contribution in [0.5, 0.6) is 0 Å². The average molecular weight is 209 g/mol. The van der Waals surface area contributed by atoms with Crippen LogP contribution in [0.1, 0.15) is 0 Å². The van der Waals surface area contributed by atoms with Gasteiger partial charge >= 0.3 is 11.1 Å². The van der Waals surface area contributed by atoms with E-state index in [4.69, 9.17) is 0 Å². The second kappa shape index (κ2) is 5.31. The van der Waals surface area contributed by atoms with E-state index in [1.807, 2.05) is 0 Å². The van der Waals surface area contributed by atoms with Crippen LogP contribution in [0.25, 0.3) is 0 Å². The zero-order chi connectivity index (χ0) is 11.3. The standard InChI is InChI=1S/C10H15N3O2/c1-3-4-11-5-6-13-8-7-12(2)9(14)10(13)15/h3,7-8,11H,1,4-6H2,2H3. The fourth-order valence-electron chi connectivity index (χ4n) is 1.17. The van der Waals surface area contributed by atoms with Crippen molar-refractivity contribution in [1.82, 2.24) is 14.5 Å². The number of hydrogen-bond acceptors (Lipinski definition) is 3. The van der Waals surface area contributed by atoms with Gasteiger partial charge in [-0.05, 0) is 0 Å². The van der Waals surface area contributed by atoms with Crippen LogP contribution in [-0.2, 0) is 13.6 Å². The third-order valence-electron chi connectivity index (χ3n) is 2.05. The quantitative estimate of drug-likeness (QED) is 0.397. The Morgan fingerprint density at radius 3 is 2.80 bits per heavy atom. The van der Waals surface area contributed by atoms with Gasteiger partial charge in [-0.1, -0.05) is 6.08 Å². The molecule has 1 N–H and O–H groups in total. The summed E-state index contributed by atoms with van der Waals surface area (Å²) in [5.41, 5.74) is -0.985. The molecule has 0 bridgehead atoms. The molecule has 1 aromatic rings. The summed E-state index contributed by atoms with van der Waals surface area (Å²) in [5, 5.41) is 3.06. The third-order valence-corrected chi connectivity index (χ3v) is 2.05. The predicted octanol–water partition coefficient (Wildman–Crippen LogP) is -0.677. The van der Waals surface area contributed by atoms with Gasteiger partial charge < -0.3 is 14.5 Å². The molecule has 0 radical (unpaired) electrons. The van der Waals surface area contributed by atoms with Crippen LogP contribution in [0.2, 0.25) is 0 Å². The SMILES string of the molecule is C=CCNCCn1ccn(C)c(=O)c1=O. The molecule has 0 aliphatic rings. The molecule has 82 valence electrons. The van der Waals surface area contributed by atoms with Crippen molar-refractivity contribution in [3.05, 3.63) is 45.8 Å². The highest BCUT2D eigenvalue weighted by Crippen LogP contribution is 1.77. The van der Waals surface area contributed by atoms with Crippen molar-refractivity contribution in [2.24, 2.45) is 7.05 Å². The molecule has 1 heterocycles. The summed E-state index contributed by atoms with van der Waals surface area (Å²) in [6, 6.07) is 0. The number of rotatable bonds is 5. The summed E-state index contributed by atoms with van der Waals surface area (Å²) in [7, 11) is 1.56. The van der Waals surface area contributed by atoms with Gasteiger partial charge in [-0.15, -0.1) is 6.58 Å². The number of nitrogens with zero attached hydrogens (tertiary/aromatic N) is 2. The minimum Gasteiger partial charge on any atom is -0.312 e. The summed E-state index contributed by atoms with van der Waals surface area (Å²) < 4.78 is 2.68. The van der Waals surface area contributed by atoms with Crippen LogP contribution in [0.15, 0.2) is 34.6 Å². The Balaban J connectivity index is 2.71. The van der Waals surface area contributed by atoms with Gasteiger partial charge in [0.05, 0.1) is 0 Å². The van der Waals surface area contributed by atoms with E-state index in [0.717, 1.165) is 0 Å². The van der Waals surface area contributed by atoms with Gasteiger partial charge in [0.2, 0.25) is 0 Å².